The molecule has 0 aliphatic carbocycles. The molecule has 0 unspecified atom stereocenters. The van der Waals surface area contributed by atoms with Crippen molar-refractivity contribution in [2.24, 2.45) is 4.99 Å². The Morgan fingerprint density at radius 1 is 1.31 bits per heavy atom. The van der Waals surface area contributed by atoms with E-state index in [1.807, 2.05) is 17.5 Å². The van der Waals surface area contributed by atoms with Crippen molar-refractivity contribution < 1.29 is 4.42 Å². The van der Waals surface area contributed by atoms with E-state index in [1.165, 1.54) is 32.4 Å². The Morgan fingerprint density at radius 2 is 2.15 bits per heavy atom. The van der Waals surface area contributed by atoms with Crippen molar-refractivity contribution >= 4 is 41.3 Å². The van der Waals surface area contributed by atoms with Crippen LogP contribution in [0.25, 0.3) is 10.8 Å². The topological polar surface area (TPSA) is 65.7 Å². The molecule has 0 aromatic carbocycles. The standard InChI is InChI=1S/C18H27N5OS.HI/c1-2-19-18(20-8-11-23-9-4-3-5-10-23)21-13-15-14-24-17(22-15)16-7-6-12-25-16;/h6-7,12,14H,2-5,8-11,13H2,1H3,(H2,19,20,21);1H. The van der Waals surface area contributed by atoms with Crippen LogP contribution in [0.3, 0.4) is 0 Å². The minimum atomic E-state index is 0. The molecule has 2 aromatic rings. The van der Waals surface area contributed by atoms with Gasteiger partial charge in [0.2, 0.25) is 5.89 Å². The molecule has 3 heterocycles. The molecule has 0 amide bonds. The molecule has 0 saturated carbocycles. The van der Waals surface area contributed by atoms with Crippen LogP contribution in [0.15, 0.2) is 33.2 Å². The largest absolute Gasteiger partial charge is 0.443 e. The Balaban J connectivity index is 0.00000243. The lowest BCUT2D eigenvalue weighted by Gasteiger charge is -2.26. The van der Waals surface area contributed by atoms with E-state index in [4.69, 9.17) is 4.42 Å². The summed E-state index contributed by atoms with van der Waals surface area (Å²) in [7, 11) is 0. The zero-order valence-electron chi connectivity index (χ0n) is 15.2. The average Bonchev–Trinajstić information content (AvgIpc) is 3.32. The van der Waals surface area contributed by atoms with Crippen LogP contribution in [-0.4, -0.2) is 48.6 Å². The number of rotatable bonds is 7. The zero-order chi connectivity index (χ0) is 17.3. The molecule has 1 aliphatic heterocycles. The molecular weight excluding hydrogens is 461 g/mol. The molecule has 0 spiro atoms. The summed E-state index contributed by atoms with van der Waals surface area (Å²) in [5.41, 5.74) is 0.844. The molecule has 0 atom stereocenters. The third kappa shape index (κ3) is 6.55. The quantitative estimate of drug-likeness (QED) is 0.354. The molecule has 0 radical (unpaired) electrons. The number of hydrogen-bond acceptors (Lipinski definition) is 5. The van der Waals surface area contributed by atoms with Gasteiger partial charge in [-0.05, 0) is 44.3 Å². The van der Waals surface area contributed by atoms with E-state index < -0.39 is 0 Å². The second-order valence-electron chi connectivity index (χ2n) is 6.15. The third-order valence-electron chi connectivity index (χ3n) is 4.20. The van der Waals surface area contributed by atoms with Gasteiger partial charge in [0.25, 0.3) is 0 Å². The van der Waals surface area contributed by atoms with E-state index in [0.29, 0.717) is 12.4 Å². The lowest BCUT2D eigenvalue weighted by molar-refractivity contribution is 0.232. The number of hydrogen-bond donors (Lipinski definition) is 2. The van der Waals surface area contributed by atoms with Crippen LogP contribution in [-0.2, 0) is 6.54 Å². The lowest BCUT2D eigenvalue weighted by atomic mass is 10.1. The molecule has 8 heteroatoms. The van der Waals surface area contributed by atoms with Crippen LogP contribution >= 0.6 is 35.3 Å². The van der Waals surface area contributed by atoms with Gasteiger partial charge in [0.15, 0.2) is 5.96 Å². The number of nitrogens with one attached hydrogen (secondary N) is 2. The maximum absolute atomic E-state index is 5.54. The minimum absolute atomic E-state index is 0. The fraction of sp³-hybridized carbons (Fsp3) is 0.556. The van der Waals surface area contributed by atoms with Crippen molar-refractivity contribution in [3.63, 3.8) is 0 Å². The van der Waals surface area contributed by atoms with Crippen LogP contribution < -0.4 is 10.6 Å². The molecule has 26 heavy (non-hydrogen) atoms. The van der Waals surface area contributed by atoms with Crippen molar-refractivity contribution in [2.75, 3.05) is 32.7 Å². The summed E-state index contributed by atoms with van der Waals surface area (Å²) < 4.78 is 5.54. The van der Waals surface area contributed by atoms with Gasteiger partial charge in [-0.3, -0.25) is 0 Å². The first-order valence-electron chi connectivity index (χ1n) is 9.08. The second kappa shape index (κ2) is 11.6. The van der Waals surface area contributed by atoms with Crippen LogP contribution in [0, 0.1) is 0 Å². The molecule has 1 aliphatic rings. The predicted octanol–water partition coefficient (Wildman–Crippen LogP) is 3.56. The van der Waals surface area contributed by atoms with Crippen molar-refractivity contribution in [2.45, 2.75) is 32.7 Å². The van der Waals surface area contributed by atoms with Gasteiger partial charge in [0.05, 0.1) is 11.4 Å². The minimum Gasteiger partial charge on any atom is -0.443 e. The smallest absolute Gasteiger partial charge is 0.236 e. The first-order chi connectivity index (χ1) is 12.3. The van der Waals surface area contributed by atoms with E-state index in [0.717, 1.165) is 36.2 Å². The highest BCUT2D eigenvalue weighted by molar-refractivity contribution is 14.0. The average molecular weight is 489 g/mol. The summed E-state index contributed by atoms with van der Waals surface area (Å²) in [6, 6.07) is 4.01. The van der Waals surface area contributed by atoms with Crippen molar-refractivity contribution in [3.05, 3.63) is 29.5 Å². The Bertz CT molecular complexity index is 652. The van der Waals surface area contributed by atoms with Crippen molar-refractivity contribution in [1.82, 2.24) is 20.5 Å². The molecule has 6 nitrogen and oxygen atoms in total. The first-order valence-corrected chi connectivity index (χ1v) is 9.96. The maximum Gasteiger partial charge on any atom is 0.236 e. The number of halogens is 1. The molecule has 2 N–H and O–H groups in total. The Labute approximate surface area is 176 Å². The van der Waals surface area contributed by atoms with Gasteiger partial charge >= 0.3 is 0 Å². The van der Waals surface area contributed by atoms with Crippen molar-refractivity contribution in [3.8, 4) is 10.8 Å². The van der Waals surface area contributed by atoms with Gasteiger partial charge in [-0.2, -0.15) is 0 Å². The van der Waals surface area contributed by atoms with E-state index in [9.17, 15) is 0 Å². The normalized spacial score (nSPS) is 15.5. The number of likely N-dealkylation sites (tertiary alicyclic amines) is 1. The summed E-state index contributed by atoms with van der Waals surface area (Å²) >= 11 is 1.63. The Morgan fingerprint density at radius 3 is 2.88 bits per heavy atom. The van der Waals surface area contributed by atoms with Gasteiger partial charge < -0.3 is 20.0 Å². The SMILES string of the molecule is CCNC(=NCc1coc(-c2cccs2)n1)NCCN1CCCCC1.I. The number of guanidine groups is 1. The van der Waals surface area contributed by atoms with Gasteiger partial charge in [-0.15, -0.1) is 35.3 Å². The molecule has 0 bridgehead atoms. The van der Waals surface area contributed by atoms with E-state index in [2.05, 4.69) is 32.4 Å². The Hall–Kier alpha value is -1.13. The fourth-order valence-electron chi connectivity index (χ4n) is 2.91. The van der Waals surface area contributed by atoms with Gasteiger partial charge in [-0.25, -0.2) is 9.98 Å². The van der Waals surface area contributed by atoms with E-state index in [1.54, 1.807) is 17.6 Å². The van der Waals surface area contributed by atoms with Crippen LogP contribution in [0.5, 0.6) is 0 Å². The summed E-state index contributed by atoms with van der Waals surface area (Å²) in [6.07, 6.45) is 5.72. The van der Waals surface area contributed by atoms with Crippen LogP contribution in [0.2, 0.25) is 0 Å². The summed E-state index contributed by atoms with van der Waals surface area (Å²) in [5, 5.41) is 8.72. The fourth-order valence-corrected chi connectivity index (χ4v) is 3.57. The second-order valence-corrected chi connectivity index (χ2v) is 7.09. The third-order valence-corrected chi connectivity index (χ3v) is 5.05. The molecule has 2 aromatic heterocycles. The molecule has 1 saturated heterocycles. The summed E-state index contributed by atoms with van der Waals surface area (Å²) in [6.45, 7) is 7.84. The number of aliphatic imine (C=N–C) groups is 1. The molecular formula is C18H28IN5OS. The highest BCUT2D eigenvalue weighted by Crippen LogP contribution is 2.23. The summed E-state index contributed by atoms with van der Waals surface area (Å²) in [5.74, 6) is 1.50. The number of piperidine rings is 1. The number of aromatic nitrogens is 1. The summed E-state index contributed by atoms with van der Waals surface area (Å²) in [4.78, 5) is 12.7. The number of nitrogens with zero attached hydrogens (tertiary/aromatic N) is 3. The zero-order valence-corrected chi connectivity index (χ0v) is 18.4. The van der Waals surface area contributed by atoms with Crippen molar-refractivity contribution in [1.29, 1.82) is 0 Å². The number of thiophene rings is 1. The predicted molar refractivity (Wildman–Crippen MR) is 118 cm³/mol. The maximum atomic E-state index is 5.54. The number of oxazole rings is 1. The first kappa shape index (κ1) is 21.2. The van der Waals surface area contributed by atoms with Crippen LogP contribution in [0.1, 0.15) is 31.9 Å². The highest BCUT2D eigenvalue weighted by Gasteiger charge is 2.10. The van der Waals surface area contributed by atoms with Gasteiger partial charge in [0, 0.05) is 19.6 Å². The molecule has 144 valence electrons. The molecule has 3 rings (SSSR count). The van der Waals surface area contributed by atoms with E-state index >= 15 is 0 Å². The van der Waals surface area contributed by atoms with Crippen LogP contribution in [0.4, 0.5) is 0 Å². The van der Waals surface area contributed by atoms with Gasteiger partial charge in [0.1, 0.15) is 12.0 Å². The lowest BCUT2D eigenvalue weighted by Crippen LogP contribution is -2.42. The van der Waals surface area contributed by atoms with E-state index in [-0.39, 0.29) is 24.0 Å². The molecule has 1 fully saturated rings. The van der Waals surface area contributed by atoms with Gasteiger partial charge in [-0.1, -0.05) is 12.5 Å². The monoisotopic (exact) mass is 489 g/mol. The Kier molecular flexibility index (Phi) is 9.41. The highest BCUT2D eigenvalue weighted by atomic mass is 127.